The Labute approximate surface area is 95.7 Å². The molecule has 0 saturated carbocycles. The third kappa shape index (κ3) is 2.24. The number of aliphatic hydroxyl groups excluding tert-OH is 1. The summed E-state index contributed by atoms with van der Waals surface area (Å²) in [5.74, 6) is 0. The van der Waals surface area contributed by atoms with Gasteiger partial charge in [0.2, 0.25) is 0 Å². The zero-order valence-electron chi connectivity index (χ0n) is 8.99. The maximum atomic E-state index is 12.5. The largest absolute Gasteiger partial charge is 0.418 e. The molecule has 0 spiro atoms. The number of benzene rings is 1. The molecule has 1 N–H and O–H groups in total. The minimum absolute atomic E-state index is 0.152. The molecule has 5 heteroatoms. The lowest BCUT2D eigenvalue weighted by molar-refractivity contribution is -0.206. The van der Waals surface area contributed by atoms with Gasteiger partial charge in [-0.1, -0.05) is 18.2 Å². The van der Waals surface area contributed by atoms with E-state index in [1.165, 1.54) is 12.1 Å². The summed E-state index contributed by atoms with van der Waals surface area (Å²) < 4.78 is 37.6. The fraction of sp³-hybridized carbons (Fsp3) is 0.250. The highest BCUT2D eigenvalue weighted by Crippen LogP contribution is 2.35. The van der Waals surface area contributed by atoms with Crippen LogP contribution in [0.4, 0.5) is 13.2 Å². The van der Waals surface area contributed by atoms with Gasteiger partial charge in [-0.15, -0.1) is 0 Å². The maximum Gasteiger partial charge on any atom is 0.418 e. The van der Waals surface area contributed by atoms with Gasteiger partial charge in [-0.25, -0.2) is 0 Å². The van der Waals surface area contributed by atoms with Gasteiger partial charge in [0.15, 0.2) is 6.10 Å². The summed E-state index contributed by atoms with van der Waals surface area (Å²) in [5.41, 5.74) is 0.744. The molecule has 2 nitrogen and oxygen atoms in total. The zero-order chi connectivity index (χ0) is 12.6. The summed E-state index contributed by atoms with van der Waals surface area (Å²) in [6.07, 6.45) is -7.15. The molecule has 1 aromatic heterocycles. The van der Waals surface area contributed by atoms with Crippen LogP contribution in [0.25, 0.3) is 10.9 Å². The van der Waals surface area contributed by atoms with E-state index in [0.717, 1.165) is 0 Å². The number of pyridine rings is 1. The number of hydrogen-bond acceptors (Lipinski definition) is 2. The first kappa shape index (κ1) is 11.9. The second-order valence-corrected chi connectivity index (χ2v) is 3.81. The fourth-order valence-corrected chi connectivity index (χ4v) is 1.74. The summed E-state index contributed by atoms with van der Waals surface area (Å²) in [7, 11) is 0. The van der Waals surface area contributed by atoms with Crippen LogP contribution in [0.15, 0.2) is 30.3 Å². The summed E-state index contributed by atoms with van der Waals surface area (Å²) in [6, 6.07) is 7.71. The van der Waals surface area contributed by atoms with Crippen molar-refractivity contribution in [3.63, 3.8) is 0 Å². The van der Waals surface area contributed by atoms with Crippen molar-refractivity contribution in [3.8, 4) is 0 Å². The van der Waals surface area contributed by atoms with E-state index in [1.54, 1.807) is 25.1 Å². The molecule has 0 amide bonds. The van der Waals surface area contributed by atoms with Crippen LogP contribution in [0.5, 0.6) is 0 Å². The molecular formula is C12H10F3NO. The topological polar surface area (TPSA) is 33.1 Å². The van der Waals surface area contributed by atoms with Crippen molar-refractivity contribution in [1.29, 1.82) is 0 Å². The molecule has 0 bridgehead atoms. The number of aromatic nitrogens is 1. The third-order valence-corrected chi connectivity index (χ3v) is 2.48. The van der Waals surface area contributed by atoms with Crippen molar-refractivity contribution >= 4 is 10.9 Å². The van der Waals surface area contributed by atoms with Crippen molar-refractivity contribution in [3.05, 3.63) is 41.6 Å². The first-order chi connectivity index (χ1) is 7.89. The predicted molar refractivity (Wildman–Crippen MR) is 57.5 cm³/mol. The van der Waals surface area contributed by atoms with E-state index in [4.69, 9.17) is 0 Å². The van der Waals surface area contributed by atoms with E-state index >= 15 is 0 Å². The second-order valence-electron chi connectivity index (χ2n) is 3.81. The monoisotopic (exact) mass is 241 g/mol. The van der Waals surface area contributed by atoms with Crippen LogP contribution in [-0.4, -0.2) is 16.3 Å². The van der Waals surface area contributed by atoms with E-state index in [-0.39, 0.29) is 5.56 Å². The van der Waals surface area contributed by atoms with Crippen molar-refractivity contribution in [2.45, 2.75) is 19.2 Å². The molecule has 1 heterocycles. The Kier molecular flexibility index (Phi) is 2.79. The number of nitrogens with zero attached hydrogens (tertiary/aromatic N) is 1. The van der Waals surface area contributed by atoms with Crippen LogP contribution in [0, 0.1) is 6.92 Å². The van der Waals surface area contributed by atoms with Crippen molar-refractivity contribution in [2.24, 2.45) is 0 Å². The third-order valence-electron chi connectivity index (χ3n) is 2.48. The molecule has 2 aromatic rings. The van der Waals surface area contributed by atoms with Crippen LogP contribution in [0.2, 0.25) is 0 Å². The molecule has 1 atom stereocenters. The fourth-order valence-electron chi connectivity index (χ4n) is 1.74. The Bertz CT molecular complexity index is 551. The summed E-state index contributed by atoms with van der Waals surface area (Å²) >= 11 is 0. The van der Waals surface area contributed by atoms with Gasteiger partial charge in [-0.05, 0) is 19.1 Å². The Morgan fingerprint density at radius 2 is 1.88 bits per heavy atom. The van der Waals surface area contributed by atoms with Crippen molar-refractivity contribution in [2.75, 3.05) is 0 Å². The summed E-state index contributed by atoms with van der Waals surface area (Å²) in [6.45, 7) is 1.60. The lowest BCUT2D eigenvalue weighted by Crippen LogP contribution is -2.20. The molecule has 0 aliphatic rings. The Morgan fingerprint density at radius 3 is 2.53 bits per heavy atom. The smallest absolute Gasteiger partial charge is 0.379 e. The standard InChI is InChI=1S/C12H10F3NO/c1-7-6-9(11(17)12(13,14)15)8-4-2-3-5-10(8)16-7/h2-6,11,17H,1H3. The van der Waals surface area contributed by atoms with Crippen LogP contribution in [-0.2, 0) is 0 Å². The molecule has 0 saturated heterocycles. The normalized spacial score (nSPS) is 13.9. The van der Waals surface area contributed by atoms with E-state index in [1.807, 2.05) is 0 Å². The molecule has 2 rings (SSSR count). The Balaban J connectivity index is 2.68. The molecule has 0 fully saturated rings. The quantitative estimate of drug-likeness (QED) is 0.832. The van der Waals surface area contributed by atoms with Gasteiger partial charge >= 0.3 is 6.18 Å². The van der Waals surface area contributed by atoms with E-state index in [9.17, 15) is 18.3 Å². The van der Waals surface area contributed by atoms with Gasteiger partial charge in [0, 0.05) is 16.6 Å². The molecular weight excluding hydrogens is 231 g/mol. The van der Waals surface area contributed by atoms with Crippen molar-refractivity contribution < 1.29 is 18.3 Å². The number of aryl methyl sites for hydroxylation is 1. The van der Waals surface area contributed by atoms with Crippen LogP contribution < -0.4 is 0 Å². The number of halogens is 3. The first-order valence-corrected chi connectivity index (χ1v) is 5.00. The average molecular weight is 241 g/mol. The molecule has 1 unspecified atom stereocenters. The summed E-state index contributed by atoms with van der Waals surface area (Å²) in [5, 5.41) is 9.65. The number of alkyl halides is 3. The van der Waals surface area contributed by atoms with Gasteiger partial charge < -0.3 is 5.11 Å². The van der Waals surface area contributed by atoms with Gasteiger partial charge in [-0.3, -0.25) is 4.98 Å². The SMILES string of the molecule is Cc1cc(C(O)C(F)(F)F)c2ccccc2n1. The predicted octanol–water partition coefficient (Wildman–Crippen LogP) is 3.14. The lowest BCUT2D eigenvalue weighted by atomic mass is 10.0. The Hall–Kier alpha value is -1.62. The molecule has 90 valence electrons. The second kappa shape index (κ2) is 4.00. The van der Waals surface area contributed by atoms with E-state index in [2.05, 4.69) is 4.98 Å². The van der Waals surface area contributed by atoms with Crippen molar-refractivity contribution in [1.82, 2.24) is 4.98 Å². The Morgan fingerprint density at radius 1 is 1.24 bits per heavy atom. The summed E-state index contributed by atoms with van der Waals surface area (Å²) in [4.78, 5) is 4.12. The zero-order valence-corrected chi connectivity index (χ0v) is 8.99. The van der Waals surface area contributed by atoms with Crippen LogP contribution in [0.1, 0.15) is 17.4 Å². The van der Waals surface area contributed by atoms with Crippen LogP contribution in [0.3, 0.4) is 0 Å². The van der Waals surface area contributed by atoms with Crippen LogP contribution >= 0.6 is 0 Å². The maximum absolute atomic E-state index is 12.5. The number of para-hydroxylation sites is 1. The highest BCUT2D eigenvalue weighted by atomic mass is 19.4. The molecule has 17 heavy (non-hydrogen) atoms. The number of hydrogen-bond donors (Lipinski definition) is 1. The average Bonchev–Trinajstić information content (AvgIpc) is 2.25. The van der Waals surface area contributed by atoms with Gasteiger partial charge in [0.05, 0.1) is 5.52 Å². The molecule has 0 radical (unpaired) electrons. The van der Waals surface area contributed by atoms with Gasteiger partial charge in [0.25, 0.3) is 0 Å². The molecule has 0 aliphatic heterocycles. The molecule has 0 aliphatic carbocycles. The highest BCUT2D eigenvalue weighted by molar-refractivity contribution is 5.82. The molecule has 1 aromatic carbocycles. The van der Waals surface area contributed by atoms with E-state index in [0.29, 0.717) is 16.6 Å². The number of aliphatic hydroxyl groups is 1. The van der Waals surface area contributed by atoms with Gasteiger partial charge in [0.1, 0.15) is 0 Å². The lowest BCUT2D eigenvalue weighted by Gasteiger charge is -2.17. The first-order valence-electron chi connectivity index (χ1n) is 5.00. The number of fused-ring (bicyclic) bond motifs is 1. The minimum atomic E-state index is -4.67. The minimum Gasteiger partial charge on any atom is -0.379 e. The van der Waals surface area contributed by atoms with E-state index < -0.39 is 12.3 Å². The number of rotatable bonds is 1. The van der Waals surface area contributed by atoms with Gasteiger partial charge in [-0.2, -0.15) is 13.2 Å². The highest BCUT2D eigenvalue weighted by Gasteiger charge is 2.40.